The number of methoxy groups -OCH3 is 4. The lowest BCUT2D eigenvalue weighted by atomic mass is 10.1. The monoisotopic (exact) mass is 394 g/mol. The van der Waals surface area contributed by atoms with E-state index in [-0.39, 0.29) is 5.78 Å². The molecule has 0 saturated heterocycles. The summed E-state index contributed by atoms with van der Waals surface area (Å²) in [6.45, 7) is 0. The molecule has 0 atom stereocenters. The van der Waals surface area contributed by atoms with Gasteiger partial charge in [-0.1, -0.05) is 0 Å². The molecule has 0 fully saturated rings. The van der Waals surface area contributed by atoms with Crippen molar-refractivity contribution in [1.29, 1.82) is 0 Å². The van der Waals surface area contributed by atoms with Crippen LogP contribution in [0.2, 0.25) is 0 Å². The average molecular weight is 394 g/mol. The fourth-order valence-corrected chi connectivity index (χ4v) is 2.74. The van der Waals surface area contributed by atoms with Crippen LogP contribution in [0.1, 0.15) is 16.1 Å². The maximum atomic E-state index is 12.5. The van der Waals surface area contributed by atoms with Crippen LogP contribution in [-0.4, -0.2) is 44.4 Å². The first-order chi connectivity index (χ1) is 14.1. The summed E-state index contributed by atoms with van der Waals surface area (Å²) >= 11 is 0. The van der Waals surface area contributed by atoms with E-state index in [0.29, 0.717) is 39.9 Å². The number of nitrogens with one attached hydrogen (secondary N) is 1. The highest BCUT2D eigenvalue weighted by Crippen LogP contribution is 2.29. The van der Waals surface area contributed by atoms with E-state index in [0.717, 1.165) is 5.56 Å². The van der Waals surface area contributed by atoms with E-state index < -0.39 is 0 Å². The van der Waals surface area contributed by atoms with Crippen molar-refractivity contribution < 1.29 is 23.7 Å². The second-order valence-electron chi connectivity index (χ2n) is 6.11. The summed E-state index contributed by atoms with van der Waals surface area (Å²) in [7, 11) is 6.27. The van der Waals surface area contributed by atoms with Crippen molar-refractivity contribution in [2.75, 3.05) is 28.4 Å². The summed E-state index contributed by atoms with van der Waals surface area (Å²) in [5.74, 6) is 2.26. The molecule has 3 aromatic rings. The second kappa shape index (κ2) is 8.97. The molecule has 2 aromatic carbocycles. The number of rotatable bonds is 8. The maximum absolute atomic E-state index is 12.5. The predicted molar refractivity (Wildman–Crippen MR) is 110 cm³/mol. The third-order valence-corrected chi connectivity index (χ3v) is 4.30. The Labute approximate surface area is 168 Å². The molecular formula is C22H22N2O5. The van der Waals surface area contributed by atoms with E-state index in [1.807, 2.05) is 18.2 Å². The zero-order valence-corrected chi connectivity index (χ0v) is 16.7. The van der Waals surface area contributed by atoms with Gasteiger partial charge in [0, 0.05) is 23.3 Å². The zero-order chi connectivity index (χ0) is 20.8. The Morgan fingerprint density at radius 2 is 1.31 bits per heavy atom. The van der Waals surface area contributed by atoms with Crippen LogP contribution in [0.25, 0.3) is 17.3 Å². The van der Waals surface area contributed by atoms with Gasteiger partial charge in [0.25, 0.3) is 0 Å². The van der Waals surface area contributed by atoms with Crippen molar-refractivity contribution in [3.63, 3.8) is 0 Å². The van der Waals surface area contributed by atoms with Crippen LogP contribution >= 0.6 is 0 Å². The minimum absolute atomic E-state index is 0.179. The zero-order valence-electron chi connectivity index (χ0n) is 16.7. The summed E-state index contributed by atoms with van der Waals surface area (Å²) in [6, 6.07) is 12.4. The van der Waals surface area contributed by atoms with E-state index in [4.69, 9.17) is 18.9 Å². The summed E-state index contributed by atoms with van der Waals surface area (Å²) < 4.78 is 21.0. The van der Waals surface area contributed by atoms with Crippen LogP contribution in [0.4, 0.5) is 0 Å². The average Bonchev–Trinajstić information content (AvgIpc) is 3.25. The Morgan fingerprint density at radius 3 is 1.83 bits per heavy atom. The van der Waals surface area contributed by atoms with Crippen molar-refractivity contribution in [1.82, 2.24) is 10.2 Å². The third-order valence-electron chi connectivity index (χ3n) is 4.30. The summed E-state index contributed by atoms with van der Waals surface area (Å²) in [5.41, 5.74) is 2.69. The molecular weight excluding hydrogens is 372 g/mol. The number of hydrogen-bond acceptors (Lipinski definition) is 6. The number of H-pyrrole nitrogens is 1. The van der Waals surface area contributed by atoms with Crippen LogP contribution in [0, 0.1) is 0 Å². The van der Waals surface area contributed by atoms with Crippen molar-refractivity contribution >= 4 is 11.9 Å². The van der Waals surface area contributed by atoms with Crippen LogP contribution < -0.4 is 18.9 Å². The SMILES string of the molecule is COc1cc(OC)cc(C(=O)/C=C/c2cc(-c3cc(OC)cc(OC)c3)n[nH]2)c1. The van der Waals surface area contributed by atoms with Crippen LogP contribution in [0.5, 0.6) is 23.0 Å². The highest BCUT2D eigenvalue weighted by molar-refractivity contribution is 6.07. The van der Waals surface area contributed by atoms with Gasteiger partial charge in [0.1, 0.15) is 23.0 Å². The molecule has 0 amide bonds. The Kier molecular flexibility index (Phi) is 6.19. The Balaban J connectivity index is 1.81. The molecule has 0 aliphatic heterocycles. The number of ether oxygens (including phenoxy) is 4. The van der Waals surface area contributed by atoms with E-state index in [1.54, 1.807) is 58.8 Å². The smallest absolute Gasteiger partial charge is 0.186 e. The van der Waals surface area contributed by atoms with Gasteiger partial charge in [0.15, 0.2) is 5.78 Å². The number of aromatic amines is 1. The summed E-state index contributed by atoms with van der Waals surface area (Å²) in [6.07, 6.45) is 3.14. The van der Waals surface area contributed by atoms with Gasteiger partial charge in [-0.05, 0) is 42.5 Å². The molecule has 1 N–H and O–H groups in total. The van der Waals surface area contributed by atoms with Gasteiger partial charge in [-0.15, -0.1) is 0 Å². The van der Waals surface area contributed by atoms with Crippen LogP contribution in [0.15, 0.2) is 48.5 Å². The normalized spacial score (nSPS) is 10.8. The van der Waals surface area contributed by atoms with E-state index in [2.05, 4.69) is 10.2 Å². The lowest BCUT2D eigenvalue weighted by Gasteiger charge is -2.06. The van der Waals surface area contributed by atoms with Gasteiger partial charge < -0.3 is 18.9 Å². The predicted octanol–water partition coefficient (Wildman–Crippen LogP) is 4.01. The lowest BCUT2D eigenvalue weighted by Crippen LogP contribution is -1.97. The van der Waals surface area contributed by atoms with Gasteiger partial charge in [-0.2, -0.15) is 5.10 Å². The molecule has 1 aromatic heterocycles. The van der Waals surface area contributed by atoms with Gasteiger partial charge in [0.05, 0.1) is 39.8 Å². The molecule has 0 radical (unpaired) electrons. The number of ketones is 1. The molecule has 0 unspecified atom stereocenters. The molecule has 3 rings (SSSR count). The van der Waals surface area contributed by atoms with Crippen LogP contribution in [0.3, 0.4) is 0 Å². The molecule has 0 aliphatic rings. The molecule has 150 valence electrons. The fourth-order valence-electron chi connectivity index (χ4n) is 2.74. The maximum Gasteiger partial charge on any atom is 0.186 e. The minimum Gasteiger partial charge on any atom is -0.497 e. The summed E-state index contributed by atoms with van der Waals surface area (Å²) in [4.78, 5) is 12.5. The molecule has 29 heavy (non-hydrogen) atoms. The molecule has 1 heterocycles. The van der Waals surface area contributed by atoms with Crippen molar-refractivity contribution in [3.8, 4) is 34.3 Å². The Bertz CT molecular complexity index is 995. The Morgan fingerprint density at radius 1 is 0.793 bits per heavy atom. The van der Waals surface area contributed by atoms with Crippen LogP contribution in [-0.2, 0) is 0 Å². The molecule has 0 aliphatic carbocycles. The number of allylic oxidation sites excluding steroid dienone is 1. The first kappa shape index (κ1) is 20.0. The number of hydrogen-bond donors (Lipinski definition) is 1. The largest absolute Gasteiger partial charge is 0.497 e. The number of aromatic nitrogens is 2. The molecule has 7 heteroatoms. The Hall–Kier alpha value is -3.74. The quantitative estimate of drug-likeness (QED) is 0.459. The minimum atomic E-state index is -0.179. The molecule has 0 spiro atoms. The standard InChI is InChI=1S/C22H22N2O5/c1-26-17-7-14(8-18(12-17)27-2)21-11-16(23-24-21)5-6-22(25)15-9-19(28-3)13-20(10-15)29-4/h5-13H,1-4H3,(H,23,24)/b6-5+. The first-order valence-corrected chi connectivity index (χ1v) is 8.80. The second-order valence-corrected chi connectivity index (χ2v) is 6.11. The van der Waals surface area contributed by atoms with Gasteiger partial charge in [-0.3, -0.25) is 9.89 Å². The third kappa shape index (κ3) is 4.76. The summed E-state index contributed by atoms with van der Waals surface area (Å²) in [5, 5.41) is 7.22. The highest BCUT2D eigenvalue weighted by atomic mass is 16.5. The molecule has 0 saturated carbocycles. The number of nitrogens with zero attached hydrogens (tertiary/aromatic N) is 1. The van der Waals surface area contributed by atoms with E-state index in [1.165, 1.54) is 6.08 Å². The number of carbonyl (C=O) groups is 1. The topological polar surface area (TPSA) is 82.7 Å². The van der Waals surface area contributed by atoms with E-state index >= 15 is 0 Å². The first-order valence-electron chi connectivity index (χ1n) is 8.80. The lowest BCUT2D eigenvalue weighted by molar-refractivity contribution is 0.104. The van der Waals surface area contributed by atoms with E-state index in [9.17, 15) is 4.79 Å². The van der Waals surface area contributed by atoms with Crippen molar-refractivity contribution in [3.05, 3.63) is 59.8 Å². The number of benzene rings is 2. The van der Waals surface area contributed by atoms with Gasteiger partial charge in [0.2, 0.25) is 0 Å². The fraction of sp³-hybridized carbons (Fsp3) is 0.182. The molecule has 7 nitrogen and oxygen atoms in total. The number of carbonyl (C=O) groups excluding carboxylic acids is 1. The molecule has 0 bridgehead atoms. The van der Waals surface area contributed by atoms with Gasteiger partial charge >= 0.3 is 0 Å². The van der Waals surface area contributed by atoms with Crippen molar-refractivity contribution in [2.45, 2.75) is 0 Å². The van der Waals surface area contributed by atoms with Crippen molar-refractivity contribution in [2.24, 2.45) is 0 Å². The van der Waals surface area contributed by atoms with Gasteiger partial charge in [-0.25, -0.2) is 0 Å². The highest BCUT2D eigenvalue weighted by Gasteiger charge is 2.09.